The molecule has 4 rings (SSSR count). The zero-order chi connectivity index (χ0) is 24.1. The average molecular weight is 478 g/mol. The quantitative estimate of drug-likeness (QED) is 0.301. The summed E-state index contributed by atoms with van der Waals surface area (Å²) in [5, 5.41) is 3.59. The summed E-state index contributed by atoms with van der Waals surface area (Å²) in [4.78, 5) is 54.8. The number of rotatable bonds is 8. The van der Waals surface area contributed by atoms with Crippen LogP contribution in [0.1, 0.15) is 32.7 Å². The van der Waals surface area contributed by atoms with Crippen LogP contribution in [0.25, 0.3) is 0 Å². The van der Waals surface area contributed by atoms with Crippen molar-refractivity contribution in [3.63, 3.8) is 0 Å². The van der Waals surface area contributed by atoms with Crippen molar-refractivity contribution in [2.24, 2.45) is 0 Å². The minimum atomic E-state index is -0.691. The number of hydrogen-bond acceptors (Lipinski definition) is 7. The van der Waals surface area contributed by atoms with Crippen LogP contribution in [0.15, 0.2) is 73.1 Å². The lowest BCUT2D eigenvalue weighted by Gasteiger charge is -2.16. The Morgan fingerprint density at radius 2 is 1.74 bits per heavy atom. The minimum absolute atomic E-state index is 0.0374. The van der Waals surface area contributed by atoms with E-state index in [1.165, 1.54) is 24.3 Å². The largest absolute Gasteiger partial charge is 0.454 e. The second-order valence-corrected chi connectivity index (χ2v) is 8.06. The van der Waals surface area contributed by atoms with Gasteiger partial charge in [0, 0.05) is 29.5 Å². The number of imide groups is 1. The summed E-state index contributed by atoms with van der Waals surface area (Å²) in [6.07, 6.45) is 3.38. The maximum Gasteiger partial charge on any atom is 0.338 e. The molecule has 9 heteroatoms. The van der Waals surface area contributed by atoms with Gasteiger partial charge in [-0.25, -0.2) is 9.69 Å². The van der Waals surface area contributed by atoms with E-state index in [9.17, 15) is 19.2 Å². The van der Waals surface area contributed by atoms with Crippen molar-refractivity contribution >= 4 is 40.9 Å². The highest BCUT2D eigenvalue weighted by molar-refractivity contribution is 6.30. The van der Waals surface area contributed by atoms with E-state index in [0.717, 1.165) is 10.5 Å². The lowest BCUT2D eigenvalue weighted by Crippen LogP contribution is -2.38. The number of amides is 2. The van der Waals surface area contributed by atoms with Crippen molar-refractivity contribution in [1.29, 1.82) is 0 Å². The van der Waals surface area contributed by atoms with Crippen LogP contribution in [-0.4, -0.2) is 41.2 Å². The second-order valence-electron chi connectivity index (χ2n) is 7.62. The maximum atomic E-state index is 12.8. The molecule has 1 N–H and O–H groups in total. The Morgan fingerprint density at radius 1 is 1.03 bits per heavy atom. The van der Waals surface area contributed by atoms with Crippen molar-refractivity contribution in [2.75, 3.05) is 11.5 Å². The zero-order valence-corrected chi connectivity index (χ0v) is 18.7. The summed E-state index contributed by atoms with van der Waals surface area (Å²) in [5.41, 5.74) is 1.83. The van der Waals surface area contributed by atoms with Crippen LogP contribution in [0.4, 0.5) is 5.69 Å². The normalized spacial score (nSPS) is 15.4. The number of ether oxygens (including phenoxy) is 1. The van der Waals surface area contributed by atoms with E-state index in [0.29, 0.717) is 22.8 Å². The van der Waals surface area contributed by atoms with Crippen LogP contribution < -0.4 is 10.2 Å². The summed E-state index contributed by atoms with van der Waals surface area (Å²) in [7, 11) is 0. The molecule has 1 aliphatic rings. The van der Waals surface area contributed by atoms with Gasteiger partial charge in [0.05, 0.1) is 23.7 Å². The van der Waals surface area contributed by atoms with Gasteiger partial charge in [0.1, 0.15) is 0 Å². The Labute approximate surface area is 200 Å². The lowest BCUT2D eigenvalue weighted by molar-refractivity contribution is -0.121. The van der Waals surface area contributed by atoms with E-state index in [4.69, 9.17) is 16.3 Å². The van der Waals surface area contributed by atoms with Gasteiger partial charge in [0.25, 0.3) is 5.91 Å². The van der Waals surface area contributed by atoms with Crippen LogP contribution in [0.3, 0.4) is 0 Å². The Kier molecular flexibility index (Phi) is 7.10. The molecule has 1 unspecified atom stereocenters. The molecule has 2 amide bonds. The number of nitrogens with one attached hydrogen (secondary N) is 1. The summed E-state index contributed by atoms with van der Waals surface area (Å²) in [6, 6.07) is 15.2. The highest BCUT2D eigenvalue weighted by Crippen LogP contribution is 2.24. The molecule has 2 aromatic carbocycles. The molecule has 1 fully saturated rings. The molecule has 0 saturated carbocycles. The fraction of sp³-hybridized carbons (Fsp3) is 0.160. The van der Waals surface area contributed by atoms with Gasteiger partial charge >= 0.3 is 5.97 Å². The highest BCUT2D eigenvalue weighted by Gasteiger charge is 2.39. The first-order valence-corrected chi connectivity index (χ1v) is 10.9. The number of pyridine rings is 1. The molecule has 3 aromatic rings. The van der Waals surface area contributed by atoms with Gasteiger partial charge in [-0.2, -0.15) is 0 Å². The second kappa shape index (κ2) is 10.4. The Balaban J connectivity index is 1.34. The van der Waals surface area contributed by atoms with Crippen molar-refractivity contribution in [3.05, 3.63) is 94.8 Å². The standard InChI is InChI=1S/C25H20ClN3O5/c26-19-7-3-17(4-8-19)22(30)15-34-25(33)18-5-9-20(10-6-18)29-23(31)12-21(24(29)32)28-14-16-2-1-11-27-13-16/h1-11,13,21,28H,12,14-15H2. The number of ketones is 1. The van der Waals surface area contributed by atoms with E-state index in [-0.39, 0.29) is 29.6 Å². The molecule has 1 atom stereocenters. The summed E-state index contributed by atoms with van der Waals surface area (Å²) >= 11 is 5.80. The van der Waals surface area contributed by atoms with E-state index >= 15 is 0 Å². The number of hydrogen-bond donors (Lipinski definition) is 1. The summed E-state index contributed by atoms with van der Waals surface area (Å²) < 4.78 is 5.09. The number of carbonyl (C=O) groups excluding carboxylic acids is 4. The number of esters is 1. The fourth-order valence-electron chi connectivity index (χ4n) is 3.49. The molecular formula is C25H20ClN3O5. The number of anilines is 1. The third-order valence-electron chi connectivity index (χ3n) is 5.28. The molecule has 1 aromatic heterocycles. The van der Waals surface area contributed by atoms with Crippen molar-refractivity contribution in [2.45, 2.75) is 19.0 Å². The number of benzene rings is 2. The first-order valence-electron chi connectivity index (χ1n) is 10.5. The molecule has 34 heavy (non-hydrogen) atoms. The Morgan fingerprint density at radius 3 is 2.41 bits per heavy atom. The molecule has 8 nitrogen and oxygen atoms in total. The van der Waals surface area contributed by atoms with Crippen LogP contribution in [0.5, 0.6) is 0 Å². The molecule has 172 valence electrons. The van der Waals surface area contributed by atoms with E-state index < -0.39 is 18.6 Å². The smallest absolute Gasteiger partial charge is 0.338 e. The van der Waals surface area contributed by atoms with Crippen LogP contribution in [0.2, 0.25) is 5.02 Å². The number of carbonyl (C=O) groups is 4. The van der Waals surface area contributed by atoms with Gasteiger partial charge in [-0.1, -0.05) is 17.7 Å². The first kappa shape index (κ1) is 23.3. The van der Waals surface area contributed by atoms with Gasteiger partial charge in [-0.3, -0.25) is 19.4 Å². The van der Waals surface area contributed by atoms with Gasteiger partial charge < -0.3 is 10.1 Å². The number of nitrogens with zero attached hydrogens (tertiary/aromatic N) is 2. The monoisotopic (exact) mass is 477 g/mol. The van der Waals surface area contributed by atoms with Gasteiger partial charge in [0.15, 0.2) is 12.4 Å². The molecule has 1 aliphatic heterocycles. The number of aromatic nitrogens is 1. The maximum absolute atomic E-state index is 12.8. The van der Waals surface area contributed by atoms with Crippen molar-refractivity contribution in [3.8, 4) is 0 Å². The first-order chi connectivity index (χ1) is 16.4. The van der Waals surface area contributed by atoms with Gasteiger partial charge in [-0.15, -0.1) is 0 Å². The molecule has 0 spiro atoms. The third kappa shape index (κ3) is 5.36. The fourth-order valence-corrected chi connectivity index (χ4v) is 3.61. The third-order valence-corrected chi connectivity index (χ3v) is 5.54. The Hall–Kier alpha value is -3.88. The van der Waals surface area contributed by atoms with E-state index in [2.05, 4.69) is 10.3 Å². The highest BCUT2D eigenvalue weighted by atomic mass is 35.5. The molecule has 0 radical (unpaired) electrons. The van der Waals surface area contributed by atoms with E-state index in [1.54, 1.807) is 42.7 Å². The topological polar surface area (TPSA) is 106 Å². The Bertz CT molecular complexity index is 1210. The average Bonchev–Trinajstić information content (AvgIpc) is 3.15. The van der Waals surface area contributed by atoms with Crippen LogP contribution in [-0.2, 0) is 20.9 Å². The molecule has 1 saturated heterocycles. The van der Waals surface area contributed by atoms with E-state index in [1.807, 2.05) is 6.07 Å². The predicted molar refractivity (Wildman–Crippen MR) is 124 cm³/mol. The molecule has 2 heterocycles. The van der Waals surface area contributed by atoms with Crippen LogP contribution in [0, 0.1) is 0 Å². The lowest BCUT2D eigenvalue weighted by atomic mass is 10.1. The SMILES string of the molecule is O=C(COC(=O)c1ccc(N2C(=O)CC(NCc3cccnc3)C2=O)cc1)c1ccc(Cl)cc1. The summed E-state index contributed by atoms with van der Waals surface area (Å²) in [6.45, 7) is -0.0134. The number of Topliss-reactive ketones (excluding diaryl/α,β-unsaturated/α-hetero) is 1. The molecule has 0 aliphatic carbocycles. The summed E-state index contributed by atoms with van der Waals surface area (Å²) in [5.74, 6) is -1.75. The minimum Gasteiger partial charge on any atom is -0.454 e. The predicted octanol–water partition coefficient (Wildman–Crippen LogP) is 3.20. The van der Waals surface area contributed by atoms with Gasteiger partial charge in [-0.05, 0) is 60.2 Å². The number of halogens is 1. The van der Waals surface area contributed by atoms with Crippen molar-refractivity contribution < 1.29 is 23.9 Å². The van der Waals surface area contributed by atoms with Crippen LogP contribution >= 0.6 is 11.6 Å². The molecule has 0 bridgehead atoms. The van der Waals surface area contributed by atoms with Crippen molar-refractivity contribution in [1.82, 2.24) is 10.3 Å². The zero-order valence-electron chi connectivity index (χ0n) is 17.9. The molecular weight excluding hydrogens is 458 g/mol. The van der Waals surface area contributed by atoms with Gasteiger partial charge in [0.2, 0.25) is 5.91 Å².